The summed E-state index contributed by atoms with van der Waals surface area (Å²) in [4.78, 5) is 0. The van der Waals surface area contributed by atoms with Crippen LogP contribution in [0.1, 0.15) is 98.3 Å². The summed E-state index contributed by atoms with van der Waals surface area (Å²) in [5.41, 5.74) is 5.57. The van der Waals surface area contributed by atoms with Crippen molar-refractivity contribution < 1.29 is 14.9 Å². The lowest BCUT2D eigenvalue weighted by molar-refractivity contribution is 0.0240. The molecule has 3 nitrogen and oxygen atoms in total. The van der Waals surface area contributed by atoms with E-state index in [1.807, 2.05) is 0 Å². The van der Waals surface area contributed by atoms with Gasteiger partial charge < -0.3 is 14.9 Å². The monoisotopic (exact) mass is 482 g/mol. The van der Waals surface area contributed by atoms with E-state index >= 15 is 0 Å². The van der Waals surface area contributed by atoms with Gasteiger partial charge in [-0.3, -0.25) is 0 Å². The minimum atomic E-state index is -0.615. The summed E-state index contributed by atoms with van der Waals surface area (Å²) in [5.74, 6) is 1.95. The van der Waals surface area contributed by atoms with Gasteiger partial charge in [0.2, 0.25) is 0 Å². The van der Waals surface area contributed by atoms with Crippen LogP contribution in [0.5, 0.6) is 0 Å². The van der Waals surface area contributed by atoms with E-state index in [1.54, 1.807) is 5.57 Å². The van der Waals surface area contributed by atoms with Gasteiger partial charge >= 0.3 is 0 Å². The first kappa shape index (κ1) is 26.9. The highest BCUT2D eigenvalue weighted by Crippen LogP contribution is 2.61. The zero-order chi connectivity index (χ0) is 25.2. The zero-order valence-electron chi connectivity index (χ0n) is 22.8. The number of fused-ring (bicyclic) bond motifs is 1. The lowest BCUT2D eigenvalue weighted by Gasteiger charge is -2.46. The standard InChI is InChI=1S/C32H50O3/c1-6-32-17-9-10-24(12-13-25-18-27(33)19-30(34)23(25)3)29(32)15-14-28(32)22(2)20-35-21-26-11-7-8-16-31(26,4)5/h11-13,22,27-30,33-34H,3,6-10,14-21H2,1-2,4-5H3/b24-12+,25-13-/t22-,27-,28-,29+,30+,32-/m1/s1. The van der Waals surface area contributed by atoms with Crippen LogP contribution in [0.25, 0.3) is 0 Å². The zero-order valence-corrected chi connectivity index (χ0v) is 22.8. The first-order valence-corrected chi connectivity index (χ1v) is 14.4. The van der Waals surface area contributed by atoms with Crippen LogP contribution in [-0.2, 0) is 4.74 Å². The van der Waals surface area contributed by atoms with Crippen LogP contribution in [0.3, 0.4) is 0 Å². The number of ether oxygens (including phenoxy) is 1. The Morgan fingerprint density at radius 3 is 2.71 bits per heavy atom. The molecule has 0 heterocycles. The number of allylic oxidation sites excluding steroid dienone is 4. The Morgan fingerprint density at radius 2 is 1.97 bits per heavy atom. The van der Waals surface area contributed by atoms with Crippen LogP contribution in [0.2, 0.25) is 0 Å². The molecule has 6 atom stereocenters. The maximum Gasteiger partial charge on any atom is 0.0811 e. The molecule has 0 amide bonds. The molecule has 0 aliphatic heterocycles. The van der Waals surface area contributed by atoms with Crippen LogP contribution < -0.4 is 0 Å². The maximum atomic E-state index is 10.2. The third-order valence-electron chi connectivity index (χ3n) is 10.3. The Labute approximate surface area is 214 Å². The fourth-order valence-electron chi connectivity index (χ4n) is 8.07. The summed E-state index contributed by atoms with van der Waals surface area (Å²) in [5, 5.41) is 20.4. The maximum absolute atomic E-state index is 10.2. The molecule has 3 fully saturated rings. The number of aliphatic hydroxyl groups excluding tert-OH is 2. The first-order chi connectivity index (χ1) is 16.7. The summed E-state index contributed by atoms with van der Waals surface area (Å²) >= 11 is 0. The van der Waals surface area contributed by atoms with Crippen molar-refractivity contribution in [1.29, 1.82) is 0 Å². The molecule has 0 aromatic carbocycles. The molecule has 0 radical (unpaired) electrons. The van der Waals surface area contributed by atoms with E-state index in [1.165, 1.54) is 63.4 Å². The van der Waals surface area contributed by atoms with E-state index < -0.39 is 12.2 Å². The number of aliphatic hydroxyl groups is 2. The van der Waals surface area contributed by atoms with Crippen LogP contribution in [0, 0.1) is 28.6 Å². The highest BCUT2D eigenvalue weighted by atomic mass is 16.5. The van der Waals surface area contributed by atoms with Crippen LogP contribution in [0.4, 0.5) is 0 Å². The summed E-state index contributed by atoms with van der Waals surface area (Å²) in [6.45, 7) is 15.3. The second-order valence-electron chi connectivity index (χ2n) is 12.7. The second-order valence-corrected chi connectivity index (χ2v) is 12.7. The number of hydrogen-bond acceptors (Lipinski definition) is 3. The van der Waals surface area contributed by atoms with Gasteiger partial charge in [-0.25, -0.2) is 0 Å². The minimum Gasteiger partial charge on any atom is -0.393 e. The fraction of sp³-hybridized carbons (Fsp3) is 0.750. The van der Waals surface area contributed by atoms with Gasteiger partial charge in [0.05, 0.1) is 18.8 Å². The van der Waals surface area contributed by atoms with Crippen molar-refractivity contribution in [3.63, 3.8) is 0 Å². The van der Waals surface area contributed by atoms with E-state index in [2.05, 4.69) is 52.5 Å². The van der Waals surface area contributed by atoms with E-state index in [0.29, 0.717) is 30.1 Å². The Morgan fingerprint density at radius 1 is 1.17 bits per heavy atom. The SMILES string of the molecule is C=C1/C(=C\C=C2/CCC[C@]3(CC)[C@@H]([C@H](C)COCC4=CCCCC4(C)C)CC[C@@H]23)C[C@@H](O)C[C@@H]1O. The normalized spacial score (nSPS) is 38.5. The van der Waals surface area contributed by atoms with Crippen molar-refractivity contribution in [2.45, 2.75) is 111 Å². The van der Waals surface area contributed by atoms with Gasteiger partial charge in [-0.1, -0.05) is 58.1 Å². The molecule has 0 aromatic heterocycles. The molecule has 3 heteroatoms. The molecule has 4 aliphatic rings. The molecule has 196 valence electrons. The van der Waals surface area contributed by atoms with Crippen LogP contribution in [0.15, 0.2) is 47.1 Å². The Bertz CT molecular complexity index is 862. The Kier molecular flexibility index (Phi) is 8.51. The predicted molar refractivity (Wildman–Crippen MR) is 145 cm³/mol. The molecule has 0 unspecified atom stereocenters. The van der Waals surface area contributed by atoms with Crippen molar-refractivity contribution in [3.8, 4) is 0 Å². The van der Waals surface area contributed by atoms with Gasteiger partial charge in [0.15, 0.2) is 0 Å². The summed E-state index contributed by atoms with van der Waals surface area (Å²) in [6, 6.07) is 0. The lowest BCUT2D eigenvalue weighted by Crippen LogP contribution is -2.39. The van der Waals surface area contributed by atoms with E-state index in [0.717, 1.165) is 30.3 Å². The molecule has 0 spiro atoms. The minimum absolute atomic E-state index is 0.290. The van der Waals surface area contributed by atoms with Gasteiger partial charge in [-0.2, -0.15) is 0 Å². The smallest absolute Gasteiger partial charge is 0.0811 e. The molecule has 0 bridgehead atoms. The number of rotatable bonds is 7. The summed E-state index contributed by atoms with van der Waals surface area (Å²) in [6.07, 6.45) is 18.2. The average molecular weight is 483 g/mol. The van der Waals surface area contributed by atoms with Crippen LogP contribution in [-0.4, -0.2) is 35.6 Å². The van der Waals surface area contributed by atoms with Crippen LogP contribution >= 0.6 is 0 Å². The van der Waals surface area contributed by atoms with E-state index in [-0.39, 0.29) is 5.41 Å². The predicted octanol–water partition coefficient (Wildman–Crippen LogP) is 7.31. The third kappa shape index (κ3) is 5.58. The number of hydrogen-bond donors (Lipinski definition) is 2. The van der Waals surface area contributed by atoms with Gasteiger partial charge in [0.1, 0.15) is 0 Å². The topological polar surface area (TPSA) is 49.7 Å². The summed E-state index contributed by atoms with van der Waals surface area (Å²) < 4.78 is 6.39. The molecule has 4 aliphatic carbocycles. The van der Waals surface area contributed by atoms with Crippen molar-refractivity contribution in [2.75, 3.05) is 13.2 Å². The van der Waals surface area contributed by atoms with Gasteiger partial charge in [-0.15, -0.1) is 0 Å². The van der Waals surface area contributed by atoms with Gasteiger partial charge in [-0.05, 0) is 110 Å². The van der Waals surface area contributed by atoms with Gasteiger partial charge in [0, 0.05) is 13.0 Å². The molecule has 0 saturated heterocycles. The van der Waals surface area contributed by atoms with E-state index in [4.69, 9.17) is 4.74 Å². The summed E-state index contributed by atoms with van der Waals surface area (Å²) in [7, 11) is 0. The largest absolute Gasteiger partial charge is 0.393 e. The molecular formula is C32H50O3. The molecule has 2 N–H and O–H groups in total. The first-order valence-electron chi connectivity index (χ1n) is 14.4. The van der Waals surface area contributed by atoms with Crippen molar-refractivity contribution in [1.82, 2.24) is 0 Å². The van der Waals surface area contributed by atoms with Crippen molar-refractivity contribution in [2.24, 2.45) is 28.6 Å². The molecular weight excluding hydrogens is 432 g/mol. The van der Waals surface area contributed by atoms with Gasteiger partial charge in [0.25, 0.3) is 0 Å². The van der Waals surface area contributed by atoms with Crippen molar-refractivity contribution in [3.05, 3.63) is 47.1 Å². The molecule has 4 rings (SSSR count). The molecule has 0 aromatic rings. The quantitative estimate of drug-likeness (QED) is 0.374. The van der Waals surface area contributed by atoms with E-state index in [9.17, 15) is 10.2 Å². The lowest BCUT2D eigenvalue weighted by atomic mass is 9.58. The Hall–Kier alpha value is -1.16. The second kappa shape index (κ2) is 11.1. The average Bonchev–Trinajstić information content (AvgIpc) is 3.22. The molecule has 35 heavy (non-hydrogen) atoms. The highest BCUT2D eigenvalue weighted by Gasteiger charge is 2.52. The van der Waals surface area contributed by atoms with Crippen molar-refractivity contribution >= 4 is 0 Å². The third-order valence-corrected chi connectivity index (χ3v) is 10.3. The Balaban J connectivity index is 1.43. The fourth-order valence-corrected chi connectivity index (χ4v) is 8.07. The molecule has 3 saturated carbocycles. The highest BCUT2D eigenvalue weighted by molar-refractivity contribution is 5.38.